The van der Waals surface area contributed by atoms with Crippen molar-refractivity contribution in [2.24, 2.45) is 0 Å². The summed E-state index contributed by atoms with van der Waals surface area (Å²) in [6.07, 6.45) is 1.65. The molecule has 4 aromatic rings. The van der Waals surface area contributed by atoms with Crippen molar-refractivity contribution in [1.29, 1.82) is 0 Å². The molecule has 0 atom stereocenters. The molecule has 0 bridgehead atoms. The summed E-state index contributed by atoms with van der Waals surface area (Å²) in [6.45, 7) is 5.36. The van der Waals surface area contributed by atoms with Crippen molar-refractivity contribution in [3.63, 3.8) is 0 Å². The Morgan fingerprint density at radius 2 is 1.76 bits per heavy atom. The molecule has 1 aliphatic heterocycles. The Bertz CT molecular complexity index is 1320. The Labute approximate surface area is 169 Å². The lowest BCUT2D eigenvalue weighted by atomic mass is 10.1. The molecule has 2 aromatic heterocycles. The Hall–Kier alpha value is -2.90. The minimum absolute atomic E-state index is 0.291. The highest BCUT2D eigenvalue weighted by Crippen LogP contribution is 2.34. The lowest BCUT2D eigenvalue weighted by Gasteiger charge is -2.29. The van der Waals surface area contributed by atoms with Gasteiger partial charge in [0.2, 0.25) is 0 Å². The maximum atomic E-state index is 13.5. The summed E-state index contributed by atoms with van der Waals surface area (Å²) in [5, 5.41) is 5.05. The van der Waals surface area contributed by atoms with Gasteiger partial charge in [0, 0.05) is 43.1 Å². The van der Waals surface area contributed by atoms with Gasteiger partial charge in [-0.1, -0.05) is 30.3 Å². The van der Waals surface area contributed by atoms with E-state index in [9.17, 15) is 8.42 Å². The second-order valence-electron chi connectivity index (χ2n) is 7.38. The summed E-state index contributed by atoms with van der Waals surface area (Å²) < 4.78 is 28.4. The molecule has 148 valence electrons. The van der Waals surface area contributed by atoms with E-state index in [4.69, 9.17) is 4.98 Å². The van der Waals surface area contributed by atoms with Crippen LogP contribution in [-0.2, 0) is 10.0 Å². The lowest BCUT2D eigenvalue weighted by Crippen LogP contribution is -2.44. The van der Waals surface area contributed by atoms with Crippen molar-refractivity contribution < 1.29 is 8.42 Å². The molecular weight excluding hydrogens is 384 g/mol. The van der Waals surface area contributed by atoms with Gasteiger partial charge in [0.25, 0.3) is 10.0 Å². The highest BCUT2D eigenvalue weighted by Gasteiger charge is 2.24. The first-order valence-corrected chi connectivity index (χ1v) is 11.2. The van der Waals surface area contributed by atoms with E-state index in [-0.39, 0.29) is 0 Å². The van der Waals surface area contributed by atoms with Gasteiger partial charge >= 0.3 is 0 Å². The molecular formula is C22H22N4O2S. The van der Waals surface area contributed by atoms with E-state index in [0.717, 1.165) is 53.8 Å². The number of fused-ring (bicyclic) bond motifs is 3. The Morgan fingerprint density at radius 1 is 0.966 bits per heavy atom. The molecule has 3 heterocycles. The number of piperazine rings is 1. The zero-order valence-corrected chi connectivity index (χ0v) is 17.0. The van der Waals surface area contributed by atoms with E-state index in [0.29, 0.717) is 10.4 Å². The number of nitrogens with one attached hydrogen (secondary N) is 1. The van der Waals surface area contributed by atoms with E-state index < -0.39 is 10.0 Å². The number of rotatable bonds is 3. The van der Waals surface area contributed by atoms with Crippen LogP contribution < -0.4 is 10.2 Å². The van der Waals surface area contributed by atoms with Crippen LogP contribution in [0.25, 0.3) is 21.8 Å². The standard InChI is InChI=1S/C22H22N4O2S/c1-16-5-4-6-17(15-16)29(27,28)26-12-9-19-21(26)18-7-2-3-8-20(18)24-22(19)25-13-10-23-11-14-25/h2-9,12,15,23H,10-11,13-14H2,1H3. The second kappa shape index (κ2) is 6.86. The fourth-order valence-electron chi connectivity index (χ4n) is 4.01. The predicted octanol–water partition coefficient (Wildman–Crippen LogP) is 3.14. The largest absolute Gasteiger partial charge is 0.353 e. The summed E-state index contributed by atoms with van der Waals surface area (Å²) >= 11 is 0. The average molecular weight is 407 g/mol. The molecule has 0 amide bonds. The minimum Gasteiger partial charge on any atom is -0.353 e. The summed E-state index contributed by atoms with van der Waals surface area (Å²) in [7, 11) is -3.73. The highest BCUT2D eigenvalue weighted by molar-refractivity contribution is 7.90. The SMILES string of the molecule is Cc1cccc(S(=O)(=O)n2ccc3c(N4CCNCC4)nc4ccccc4c32)c1. The zero-order valence-electron chi connectivity index (χ0n) is 16.2. The second-order valence-corrected chi connectivity index (χ2v) is 9.20. The van der Waals surface area contributed by atoms with Crippen molar-refractivity contribution in [3.8, 4) is 0 Å². The number of nitrogens with zero attached hydrogens (tertiary/aromatic N) is 3. The maximum Gasteiger partial charge on any atom is 0.268 e. The quantitative estimate of drug-likeness (QED) is 0.566. The number of pyridine rings is 1. The normalized spacial score (nSPS) is 15.3. The monoisotopic (exact) mass is 406 g/mol. The average Bonchev–Trinajstić information content (AvgIpc) is 3.20. The van der Waals surface area contributed by atoms with Crippen LogP contribution in [0.3, 0.4) is 0 Å². The molecule has 0 aliphatic carbocycles. The summed E-state index contributed by atoms with van der Waals surface area (Å²) in [6, 6.07) is 16.6. The Balaban J connectivity index is 1.81. The number of hydrogen-bond acceptors (Lipinski definition) is 5. The van der Waals surface area contributed by atoms with Crippen LogP contribution >= 0.6 is 0 Å². The molecule has 1 N–H and O–H groups in total. The van der Waals surface area contributed by atoms with Gasteiger partial charge in [-0.25, -0.2) is 17.4 Å². The lowest BCUT2D eigenvalue weighted by molar-refractivity contribution is 0.586. The van der Waals surface area contributed by atoms with Crippen LogP contribution in [0, 0.1) is 6.92 Å². The van der Waals surface area contributed by atoms with Gasteiger partial charge in [-0.2, -0.15) is 0 Å². The zero-order chi connectivity index (χ0) is 20.0. The summed E-state index contributed by atoms with van der Waals surface area (Å²) in [5.41, 5.74) is 2.40. The highest BCUT2D eigenvalue weighted by atomic mass is 32.2. The molecule has 1 fully saturated rings. The minimum atomic E-state index is -3.73. The Morgan fingerprint density at radius 3 is 2.55 bits per heavy atom. The van der Waals surface area contributed by atoms with E-state index in [1.807, 2.05) is 43.3 Å². The number of aromatic nitrogens is 2. The van der Waals surface area contributed by atoms with Gasteiger partial charge in [-0.15, -0.1) is 0 Å². The van der Waals surface area contributed by atoms with Gasteiger partial charge in [-0.05, 0) is 36.8 Å². The summed E-state index contributed by atoms with van der Waals surface area (Å²) in [5.74, 6) is 0.846. The third kappa shape index (κ3) is 2.97. The van der Waals surface area contributed by atoms with E-state index in [2.05, 4.69) is 10.2 Å². The molecule has 0 spiro atoms. The van der Waals surface area contributed by atoms with Gasteiger partial charge < -0.3 is 10.2 Å². The molecule has 7 heteroatoms. The number of para-hydroxylation sites is 1. The molecule has 0 saturated carbocycles. The fourth-order valence-corrected chi connectivity index (χ4v) is 5.48. The molecule has 29 heavy (non-hydrogen) atoms. The number of hydrogen-bond donors (Lipinski definition) is 1. The van der Waals surface area contributed by atoms with Crippen LogP contribution in [0.5, 0.6) is 0 Å². The van der Waals surface area contributed by atoms with Crippen molar-refractivity contribution >= 4 is 37.6 Å². The molecule has 0 radical (unpaired) electrons. The maximum absolute atomic E-state index is 13.5. The third-order valence-corrected chi connectivity index (χ3v) is 7.11. The number of aryl methyl sites for hydroxylation is 1. The number of benzene rings is 2. The first-order valence-electron chi connectivity index (χ1n) is 9.73. The van der Waals surface area contributed by atoms with Crippen LogP contribution in [-0.4, -0.2) is 43.6 Å². The van der Waals surface area contributed by atoms with Crippen LogP contribution in [0.15, 0.2) is 65.7 Å². The van der Waals surface area contributed by atoms with Crippen molar-refractivity contribution in [1.82, 2.24) is 14.3 Å². The van der Waals surface area contributed by atoms with Gasteiger partial charge in [0.05, 0.1) is 15.9 Å². The van der Waals surface area contributed by atoms with E-state index in [1.165, 1.54) is 3.97 Å². The molecule has 0 unspecified atom stereocenters. The molecule has 1 saturated heterocycles. The molecule has 1 aliphatic rings. The molecule has 6 nitrogen and oxygen atoms in total. The predicted molar refractivity (Wildman–Crippen MR) is 116 cm³/mol. The topological polar surface area (TPSA) is 67.2 Å². The van der Waals surface area contributed by atoms with Crippen molar-refractivity contribution in [2.75, 3.05) is 31.1 Å². The fraction of sp³-hybridized carbons (Fsp3) is 0.227. The van der Waals surface area contributed by atoms with Gasteiger partial charge in [-0.3, -0.25) is 0 Å². The first kappa shape index (κ1) is 18.1. The smallest absolute Gasteiger partial charge is 0.268 e. The van der Waals surface area contributed by atoms with Crippen LogP contribution in [0.4, 0.5) is 5.82 Å². The third-order valence-electron chi connectivity index (χ3n) is 5.44. The first-order chi connectivity index (χ1) is 14.1. The van der Waals surface area contributed by atoms with E-state index >= 15 is 0 Å². The Kier molecular flexibility index (Phi) is 4.29. The van der Waals surface area contributed by atoms with Crippen molar-refractivity contribution in [2.45, 2.75) is 11.8 Å². The van der Waals surface area contributed by atoms with Gasteiger partial charge in [0.1, 0.15) is 5.82 Å². The van der Waals surface area contributed by atoms with Crippen LogP contribution in [0.1, 0.15) is 5.56 Å². The molecule has 2 aromatic carbocycles. The van der Waals surface area contributed by atoms with Gasteiger partial charge in [0.15, 0.2) is 0 Å². The number of anilines is 1. The molecule has 5 rings (SSSR count). The van der Waals surface area contributed by atoms with E-state index in [1.54, 1.807) is 24.4 Å². The summed E-state index contributed by atoms with van der Waals surface area (Å²) in [4.78, 5) is 7.42. The van der Waals surface area contributed by atoms with Crippen LogP contribution in [0.2, 0.25) is 0 Å². The van der Waals surface area contributed by atoms with Crippen molar-refractivity contribution in [3.05, 3.63) is 66.4 Å².